The quantitative estimate of drug-likeness (QED) is 0.840. The van der Waals surface area contributed by atoms with Gasteiger partial charge in [-0.1, -0.05) is 0 Å². The van der Waals surface area contributed by atoms with Gasteiger partial charge in [0.25, 0.3) is 0 Å². The average Bonchev–Trinajstić information content (AvgIpc) is 2.29. The molecule has 0 aliphatic rings. The number of halogens is 3. The van der Waals surface area contributed by atoms with E-state index in [1.54, 1.807) is 0 Å². The van der Waals surface area contributed by atoms with Crippen LogP contribution in [0, 0.1) is 0 Å². The maximum absolute atomic E-state index is 11.9. The van der Waals surface area contributed by atoms with Gasteiger partial charge < -0.3 is 14.6 Å². The maximum atomic E-state index is 11.9. The minimum Gasteiger partial charge on any atom is -0.490 e. The zero-order chi connectivity index (χ0) is 14.5. The fraction of sp³-hybridized carbons (Fsp3) is 0.250. The van der Waals surface area contributed by atoms with Crippen molar-refractivity contribution in [1.82, 2.24) is 0 Å². The Kier molecular flexibility index (Phi) is 4.80. The van der Waals surface area contributed by atoms with E-state index in [0.717, 1.165) is 12.1 Å². The normalized spacial score (nSPS) is 12.1. The largest absolute Gasteiger partial charge is 0.573 e. The molecule has 19 heavy (non-hydrogen) atoms. The predicted octanol–water partition coefficient (Wildman–Crippen LogP) is 2.99. The number of alkyl halides is 3. The smallest absolute Gasteiger partial charge is 0.490 e. The third-order valence-electron chi connectivity index (χ3n) is 2.03. The van der Waals surface area contributed by atoms with Crippen LogP contribution in [0.25, 0.3) is 0 Å². The highest BCUT2D eigenvalue weighted by atomic mass is 19.4. The second kappa shape index (κ2) is 6.12. The van der Waals surface area contributed by atoms with Crippen LogP contribution in [0.2, 0.25) is 0 Å². The van der Waals surface area contributed by atoms with Crippen molar-refractivity contribution in [2.24, 2.45) is 0 Å². The van der Waals surface area contributed by atoms with E-state index < -0.39 is 12.3 Å². The molecular weight excluding hydrogens is 265 g/mol. The number of benzene rings is 1. The molecule has 104 valence electrons. The molecule has 1 aromatic rings. The van der Waals surface area contributed by atoms with Crippen molar-refractivity contribution in [3.63, 3.8) is 0 Å². The number of carboxylic acid groups (broad SMARTS) is 1. The standard InChI is InChI=1S/C12H11F3O4/c1-8(11(16)17)6-7-18-9-2-4-10(5-3-9)19-12(13,14)15/h2-6H,7H2,1H3,(H,16,17)/b8-6-. The van der Waals surface area contributed by atoms with Crippen LogP contribution < -0.4 is 9.47 Å². The van der Waals surface area contributed by atoms with E-state index in [0.29, 0.717) is 5.75 Å². The topological polar surface area (TPSA) is 55.8 Å². The van der Waals surface area contributed by atoms with Crippen molar-refractivity contribution in [3.05, 3.63) is 35.9 Å². The van der Waals surface area contributed by atoms with Crippen molar-refractivity contribution in [2.45, 2.75) is 13.3 Å². The summed E-state index contributed by atoms with van der Waals surface area (Å²) in [5.74, 6) is -1.10. The second-order valence-corrected chi connectivity index (χ2v) is 3.52. The molecule has 7 heteroatoms. The molecule has 4 nitrogen and oxygen atoms in total. The van der Waals surface area contributed by atoms with Crippen molar-refractivity contribution in [1.29, 1.82) is 0 Å². The first kappa shape index (κ1) is 14.9. The Morgan fingerprint density at radius 2 is 1.79 bits per heavy atom. The van der Waals surface area contributed by atoms with Crippen LogP contribution in [-0.2, 0) is 4.79 Å². The van der Waals surface area contributed by atoms with Crippen LogP contribution in [0.1, 0.15) is 6.92 Å². The third-order valence-corrected chi connectivity index (χ3v) is 2.03. The average molecular weight is 276 g/mol. The van der Waals surface area contributed by atoms with Gasteiger partial charge in [0.2, 0.25) is 0 Å². The molecule has 1 rings (SSSR count). The highest BCUT2D eigenvalue weighted by Crippen LogP contribution is 2.24. The van der Waals surface area contributed by atoms with Gasteiger partial charge in [-0.05, 0) is 37.3 Å². The van der Waals surface area contributed by atoms with Crippen LogP contribution >= 0.6 is 0 Å². The van der Waals surface area contributed by atoms with Crippen molar-refractivity contribution in [3.8, 4) is 11.5 Å². The lowest BCUT2D eigenvalue weighted by molar-refractivity contribution is -0.274. The van der Waals surface area contributed by atoms with E-state index in [-0.39, 0.29) is 17.9 Å². The summed E-state index contributed by atoms with van der Waals surface area (Å²) < 4.78 is 44.5. The fourth-order valence-electron chi connectivity index (χ4n) is 1.09. The van der Waals surface area contributed by atoms with E-state index in [2.05, 4.69) is 4.74 Å². The molecule has 0 radical (unpaired) electrons. The predicted molar refractivity (Wildman–Crippen MR) is 60.0 cm³/mol. The Labute approximate surface area is 107 Å². The Morgan fingerprint density at radius 1 is 1.26 bits per heavy atom. The van der Waals surface area contributed by atoms with Gasteiger partial charge in [-0.3, -0.25) is 0 Å². The molecule has 1 N–H and O–H groups in total. The second-order valence-electron chi connectivity index (χ2n) is 3.52. The molecular formula is C12H11F3O4. The van der Waals surface area contributed by atoms with Crippen molar-refractivity contribution in [2.75, 3.05) is 6.61 Å². The van der Waals surface area contributed by atoms with E-state index in [1.807, 2.05) is 0 Å². The first-order valence-corrected chi connectivity index (χ1v) is 5.16. The molecule has 0 aliphatic carbocycles. The van der Waals surface area contributed by atoms with E-state index in [4.69, 9.17) is 9.84 Å². The van der Waals surface area contributed by atoms with Gasteiger partial charge in [-0.15, -0.1) is 13.2 Å². The summed E-state index contributed by atoms with van der Waals surface area (Å²) in [5, 5.41) is 8.58. The van der Waals surface area contributed by atoms with Gasteiger partial charge in [0.15, 0.2) is 0 Å². The van der Waals surface area contributed by atoms with Gasteiger partial charge in [0.05, 0.1) is 0 Å². The minimum atomic E-state index is -4.73. The number of carboxylic acids is 1. The lowest BCUT2D eigenvalue weighted by Gasteiger charge is -2.09. The number of rotatable bonds is 5. The van der Waals surface area contributed by atoms with Crippen molar-refractivity contribution < 1.29 is 32.5 Å². The molecule has 0 aromatic heterocycles. The summed E-state index contributed by atoms with van der Waals surface area (Å²) in [6.07, 6.45) is -3.38. The number of carbonyl (C=O) groups is 1. The first-order chi connectivity index (χ1) is 8.78. The first-order valence-electron chi connectivity index (χ1n) is 5.16. The number of aliphatic carboxylic acids is 1. The van der Waals surface area contributed by atoms with Crippen molar-refractivity contribution >= 4 is 5.97 Å². The van der Waals surface area contributed by atoms with E-state index in [9.17, 15) is 18.0 Å². The van der Waals surface area contributed by atoms with E-state index in [1.165, 1.54) is 25.1 Å². The molecule has 0 atom stereocenters. The Balaban J connectivity index is 2.53. The van der Waals surface area contributed by atoms with Gasteiger partial charge in [0, 0.05) is 5.57 Å². The molecule has 0 unspecified atom stereocenters. The monoisotopic (exact) mass is 276 g/mol. The Bertz CT molecular complexity index is 463. The summed E-state index contributed by atoms with van der Waals surface area (Å²) in [5.41, 5.74) is 0.122. The van der Waals surface area contributed by atoms with Gasteiger partial charge in [0.1, 0.15) is 18.1 Å². The Morgan fingerprint density at radius 3 is 2.26 bits per heavy atom. The number of hydrogen-bond acceptors (Lipinski definition) is 3. The lowest BCUT2D eigenvalue weighted by Crippen LogP contribution is -2.16. The highest BCUT2D eigenvalue weighted by molar-refractivity contribution is 5.85. The van der Waals surface area contributed by atoms with Crippen LogP contribution in [-0.4, -0.2) is 24.0 Å². The van der Waals surface area contributed by atoms with Crippen LogP contribution in [0.4, 0.5) is 13.2 Å². The lowest BCUT2D eigenvalue weighted by atomic mass is 10.3. The van der Waals surface area contributed by atoms with Crippen LogP contribution in [0.3, 0.4) is 0 Å². The van der Waals surface area contributed by atoms with E-state index >= 15 is 0 Å². The molecule has 1 aromatic carbocycles. The van der Waals surface area contributed by atoms with Crippen LogP contribution in [0.5, 0.6) is 11.5 Å². The molecule has 0 amide bonds. The molecule has 0 saturated carbocycles. The maximum Gasteiger partial charge on any atom is 0.573 e. The zero-order valence-corrected chi connectivity index (χ0v) is 9.90. The molecule has 0 aliphatic heterocycles. The van der Waals surface area contributed by atoms with Crippen LogP contribution in [0.15, 0.2) is 35.9 Å². The summed E-state index contributed by atoms with van der Waals surface area (Å²) in [4.78, 5) is 10.5. The molecule has 0 bridgehead atoms. The summed E-state index contributed by atoms with van der Waals surface area (Å²) in [7, 11) is 0. The molecule has 0 saturated heterocycles. The zero-order valence-electron chi connectivity index (χ0n) is 9.90. The minimum absolute atomic E-state index is 0.0115. The van der Waals surface area contributed by atoms with Gasteiger partial charge in [-0.25, -0.2) is 4.79 Å². The summed E-state index contributed by atoms with van der Waals surface area (Å²) in [6, 6.07) is 4.81. The number of hydrogen-bond donors (Lipinski definition) is 1. The van der Waals surface area contributed by atoms with Gasteiger partial charge >= 0.3 is 12.3 Å². The summed E-state index contributed by atoms with van der Waals surface area (Å²) in [6.45, 7) is 1.42. The SMILES string of the molecule is C/C(=C/COc1ccc(OC(F)(F)F)cc1)C(=O)O. The summed E-state index contributed by atoms with van der Waals surface area (Å²) >= 11 is 0. The number of ether oxygens (including phenoxy) is 2. The third kappa shape index (κ3) is 5.80. The molecule has 0 heterocycles. The molecule has 0 spiro atoms. The molecule has 0 fully saturated rings. The fourth-order valence-corrected chi connectivity index (χ4v) is 1.09. The van der Waals surface area contributed by atoms with Gasteiger partial charge in [-0.2, -0.15) is 0 Å². The Hall–Kier alpha value is -2.18. The highest BCUT2D eigenvalue weighted by Gasteiger charge is 2.30.